The molecule has 2 N–H and O–H groups in total. The third-order valence-corrected chi connectivity index (χ3v) is 4.01. The Balaban J connectivity index is 1.80. The largest absolute Gasteiger partial charge is 0.376 e. The number of thiocarbonyl (C=S) groups is 1. The van der Waals surface area contributed by atoms with Crippen LogP contribution in [0.3, 0.4) is 0 Å². The van der Waals surface area contributed by atoms with Gasteiger partial charge in [-0.05, 0) is 63.2 Å². The van der Waals surface area contributed by atoms with Crippen molar-refractivity contribution in [2.75, 3.05) is 36.5 Å². The fourth-order valence-corrected chi connectivity index (χ4v) is 2.73. The summed E-state index contributed by atoms with van der Waals surface area (Å²) in [6.45, 7) is 8.03. The Bertz CT molecular complexity index is 439. The van der Waals surface area contributed by atoms with Gasteiger partial charge in [-0.1, -0.05) is 0 Å². The quantitative estimate of drug-likeness (QED) is 0.790. The molecule has 1 saturated heterocycles. The maximum Gasteiger partial charge on any atom is 0.170 e. The fraction of sp³-hybridized carbons (Fsp3) is 0.562. The van der Waals surface area contributed by atoms with E-state index in [2.05, 4.69) is 53.6 Å². The van der Waals surface area contributed by atoms with Gasteiger partial charge in [-0.15, -0.1) is 0 Å². The summed E-state index contributed by atoms with van der Waals surface area (Å²) in [4.78, 5) is 2.32. The molecule has 0 aliphatic carbocycles. The lowest BCUT2D eigenvalue weighted by atomic mass is 10.2. The first-order valence-electron chi connectivity index (χ1n) is 7.74. The summed E-state index contributed by atoms with van der Waals surface area (Å²) in [5, 5.41) is 7.09. The number of hydrogen-bond acceptors (Lipinski definition) is 3. The zero-order chi connectivity index (χ0) is 15.1. The molecule has 1 aliphatic heterocycles. The number of anilines is 2. The fourth-order valence-electron chi connectivity index (χ4n) is 2.53. The van der Waals surface area contributed by atoms with Crippen LogP contribution in [0, 0.1) is 0 Å². The van der Waals surface area contributed by atoms with Crippen LogP contribution in [-0.4, -0.2) is 37.5 Å². The van der Waals surface area contributed by atoms with Crippen LogP contribution in [0.1, 0.15) is 26.7 Å². The molecular weight excluding hydrogens is 282 g/mol. The molecule has 116 valence electrons. The van der Waals surface area contributed by atoms with Gasteiger partial charge < -0.3 is 20.3 Å². The van der Waals surface area contributed by atoms with Crippen molar-refractivity contribution in [2.45, 2.75) is 32.8 Å². The van der Waals surface area contributed by atoms with E-state index in [0.29, 0.717) is 11.2 Å². The number of hydrogen-bond donors (Lipinski definition) is 2. The van der Waals surface area contributed by atoms with Crippen molar-refractivity contribution in [1.82, 2.24) is 5.32 Å². The average Bonchev–Trinajstić information content (AvgIpc) is 3.01. The SMILES string of the molecule is CCN(CC)c1ccc(NC(=S)NC[C@H]2CCCO2)cc1. The Morgan fingerprint density at radius 1 is 1.29 bits per heavy atom. The molecule has 4 nitrogen and oxygen atoms in total. The van der Waals surface area contributed by atoms with Gasteiger partial charge in [-0.3, -0.25) is 0 Å². The van der Waals surface area contributed by atoms with Crippen LogP contribution < -0.4 is 15.5 Å². The Morgan fingerprint density at radius 2 is 2.00 bits per heavy atom. The van der Waals surface area contributed by atoms with E-state index in [9.17, 15) is 0 Å². The number of benzene rings is 1. The number of nitrogens with one attached hydrogen (secondary N) is 2. The van der Waals surface area contributed by atoms with Gasteiger partial charge in [0.1, 0.15) is 0 Å². The molecule has 0 aromatic heterocycles. The number of nitrogens with zero attached hydrogens (tertiary/aromatic N) is 1. The molecule has 1 aromatic carbocycles. The van der Waals surface area contributed by atoms with Gasteiger partial charge in [-0.25, -0.2) is 0 Å². The molecule has 5 heteroatoms. The maximum absolute atomic E-state index is 5.56. The van der Waals surface area contributed by atoms with Gasteiger partial charge >= 0.3 is 0 Å². The van der Waals surface area contributed by atoms with E-state index in [4.69, 9.17) is 17.0 Å². The van der Waals surface area contributed by atoms with Crippen molar-refractivity contribution < 1.29 is 4.74 Å². The third-order valence-electron chi connectivity index (χ3n) is 3.77. The lowest BCUT2D eigenvalue weighted by molar-refractivity contribution is 0.114. The second-order valence-electron chi connectivity index (χ2n) is 5.19. The average molecular weight is 307 g/mol. The van der Waals surface area contributed by atoms with Crippen LogP contribution in [-0.2, 0) is 4.74 Å². The first-order chi connectivity index (χ1) is 10.2. The van der Waals surface area contributed by atoms with E-state index >= 15 is 0 Å². The molecule has 0 amide bonds. The topological polar surface area (TPSA) is 36.5 Å². The molecule has 0 spiro atoms. The van der Waals surface area contributed by atoms with E-state index in [1.807, 2.05) is 0 Å². The number of rotatable bonds is 6. The van der Waals surface area contributed by atoms with Gasteiger partial charge in [-0.2, -0.15) is 0 Å². The van der Waals surface area contributed by atoms with Crippen molar-refractivity contribution in [3.05, 3.63) is 24.3 Å². The lowest BCUT2D eigenvalue weighted by Gasteiger charge is -2.21. The molecule has 0 bridgehead atoms. The van der Waals surface area contributed by atoms with Crippen LogP contribution >= 0.6 is 12.2 Å². The zero-order valence-electron chi connectivity index (χ0n) is 12.9. The van der Waals surface area contributed by atoms with Crippen LogP contribution in [0.5, 0.6) is 0 Å². The van der Waals surface area contributed by atoms with Crippen molar-refractivity contribution in [3.8, 4) is 0 Å². The summed E-state index contributed by atoms with van der Waals surface area (Å²) in [5.41, 5.74) is 2.25. The van der Waals surface area contributed by atoms with E-state index in [1.165, 1.54) is 5.69 Å². The molecule has 1 aliphatic rings. The van der Waals surface area contributed by atoms with Crippen molar-refractivity contribution in [3.63, 3.8) is 0 Å². The predicted octanol–water partition coefficient (Wildman–Crippen LogP) is 3.00. The Labute approximate surface area is 132 Å². The smallest absolute Gasteiger partial charge is 0.170 e. The Hall–Kier alpha value is -1.33. The summed E-state index contributed by atoms with van der Waals surface area (Å²) in [5.74, 6) is 0. The van der Waals surface area contributed by atoms with Crippen molar-refractivity contribution in [1.29, 1.82) is 0 Å². The summed E-state index contributed by atoms with van der Waals surface area (Å²) < 4.78 is 5.56. The molecule has 0 saturated carbocycles. The summed E-state index contributed by atoms with van der Waals surface area (Å²) in [7, 11) is 0. The van der Waals surface area contributed by atoms with Gasteiger partial charge in [0.15, 0.2) is 5.11 Å². The Kier molecular flexibility index (Phi) is 6.26. The monoisotopic (exact) mass is 307 g/mol. The highest BCUT2D eigenvalue weighted by Crippen LogP contribution is 2.17. The molecule has 1 aromatic rings. The normalized spacial score (nSPS) is 17.5. The van der Waals surface area contributed by atoms with Gasteiger partial charge in [0.2, 0.25) is 0 Å². The third kappa shape index (κ3) is 4.86. The van der Waals surface area contributed by atoms with Gasteiger partial charge in [0.05, 0.1) is 6.10 Å². The minimum Gasteiger partial charge on any atom is -0.376 e. The molecule has 1 fully saturated rings. The highest BCUT2D eigenvalue weighted by Gasteiger charge is 2.15. The molecule has 2 rings (SSSR count). The minimum absolute atomic E-state index is 0.301. The van der Waals surface area contributed by atoms with Crippen LogP contribution in [0.15, 0.2) is 24.3 Å². The first-order valence-corrected chi connectivity index (χ1v) is 8.15. The summed E-state index contributed by atoms with van der Waals surface area (Å²) >= 11 is 5.31. The highest BCUT2D eigenvalue weighted by atomic mass is 32.1. The molecular formula is C16H25N3OS. The summed E-state index contributed by atoms with van der Waals surface area (Å²) in [6, 6.07) is 8.37. The van der Waals surface area contributed by atoms with Gasteiger partial charge in [0, 0.05) is 37.6 Å². The molecule has 0 radical (unpaired) electrons. The van der Waals surface area contributed by atoms with E-state index in [-0.39, 0.29) is 0 Å². The van der Waals surface area contributed by atoms with Crippen LogP contribution in [0.4, 0.5) is 11.4 Å². The predicted molar refractivity (Wildman–Crippen MR) is 93.2 cm³/mol. The van der Waals surface area contributed by atoms with Crippen molar-refractivity contribution >= 4 is 28.7 Å². The molecule has 1 atom stereocenters. The maximum atomic E-state index is 5.56. The molecule has 21 heavy (non-hydrogen) atoms. The van der Waals surface area contributed by atoms with Crippen LogP contribution in [0.25, 0.3) is 0 Å². The van der Waals surface area contributed by atoms with Gasteiger partial charge in [0.25, 0.3) is 0 Å². The minimum atomic E-state index is 0.301. The van der Waals surface area contributed by atoms with E-state index in [0.717, 1.165) is 44.8 Å². The number of ether oxygens (including phenoxy) is 1. The lowest BCUT2D eigenvalue weighted by Crippen LogP contribution is -2.34. The standard InChI is InChI=1S/C16H25N3OS/c1-3-19(4-2)14-9-7-13(8-10-14)18-16(21)17-12-15-6-5-11-20-15/h7-10,15H,3-6,11-12H2,1-2H3,(H2,17,18,21)/t15-/m1/s1. The van der Waals surface area contributed by atoms with Crippen LogP contribution in [0.2, 0.25) is 0 Å². The second kappa shape index (κ2) is 8.20. The first kappa shape index (κ1) is 16.0. The zero-order valence-corrected chi connectivity index (χ0v) is 13.7. The van der Waals surface area contributed by atoms with E-state index < -0.39 is 0 Å². The second-order valence-corrected chi connectivity index (χ2v) is 5.60. The highest BCUT2D eigenvalue weighted by molar-refractivity contribution is 7.80. The van der Waals surface area contributed by atoms with Crippen molar-refractivity contribution in [2.24, 2.45) is 0 Å². The van der Waals surface area contributed by atoms with E-state index in [1.54, 1.807) is 0 Å². The molecule has 1 heterocycles. The summed E-state index contributed by atoms with van der Waals surface area (Å²) in [6.07, 6.45) is 2.57. The molecule has 0 unspecified atom stereocenters. The Morgan fingerprint density at radius 3 is 2.57 bits per heavy atom.